The molecule has 5 nitrogen and oxygen atoms in total. The molecular formula is C12H17N3O2S. The molecule has 0 heterocycles. The van der Waals surface area contributed by atoms with Crippen LogP contribution in [0.2, 0.25) is 0 Å². The standard InChI is InChI=1S/C12H17N3O2S/c1-15(2)18(16,17)8-7-14-10-12-6-4-3-5-11(12)9-13/h3-6,14H,7-8,10H2,1-2H3. The number of benzene rings is 1. The number of nitriles is 1. The minimum atomic E-state index is -3.16. The molecule has 0 unspecified atom stereocenters. The Morgan fingerprint density at radius 3 is 2.61 bits per heavy atom. The van der Waals surface area contributed by atoms with E-state index in [-0.39, 0.29) is 5.75 Å². The molecule has 0 fully saturated rings. The Morgan fingerprint density at radius 2 is 2.00 bits per heavy atom. The Hall–Kier alpha value is -1.42. The van der Waals surface area contributed by atoms with Crippen LogP contribution < -0.4 is 5.32 Å². The summed E-state index contributed by atoms with van der Waals surface area (Å²) in [6.45, 7) is 0.854. The molecule has 0 amide bonds. The molecular weight excluding hydrogens is 250 g/mol. The SMILES string of the molecule is CN(C)S(=O)(=O)CCNCc1ccccc1C#N. The Labute approximate surface area is 108 Å². The predicted molar refractivity (Wildman–Crippen MR) is 70.3 cm³/mol. The lowest BCUT2D eigenvalue weighted by molar-refractivity contribution is 0.517. The van der Waals surface area contributed by atoms with Crippen molar-refractivity contribution < 1.29 is 8.42 Å². The van der Waals surface area contributed by atoms with E-state index in [1.807, 2.05) is 12.1 Å². The highest BCUT2D eigenvalue weighted by Gasteiger charge is 2.12. The van der Waals surface area contributed by atoms with Crippen molar-refractivity contribution in [2.24, 2.45) is 0 Å². The van der Waals surface area contributed by atoms with E-state index in [0.29, 0.717) is 18.7 Å². The van der Waals surface area contributed by atoms with Gasteiger partial charge >= 0.3 is 0 Å². The highest BCUT2D eigenvalue weighted by molar-refractivity contribution is 7.89. The zero-order chi connectivity index (χ0) is 13.6. The van der Waals surface area contributed by atoms with Crippen LogP contribution in [0.5, 0.6) is 0 Å². The summed E-state index contributed by atoms with van der Waals surface area (Å²) in [6, 6.07) is 9.36. The molecule has 0 atom stereocenters. The fourth-order valence-electron chi connectivity index (χ4n) is 1.39. The normalized spacial score (nSPS) is 11.4. The molecule has 1 rings (SSSR count). The lowest BCUT2D eigenvalue weighted by Gasteiger charge is -2.11. The Bertz CT molecular complexity index is 532. The van der Waals surface area contributed by atoms with E-state index in [1.54, 1.807) is 12.1 Å². The number of hydrogen-bond acceptors (Lipinski definition) is 4. The summed E-state index contributed by atoms with van der Waals surface area (Å²) in [6.07, 6.45) is 0. The van der Waals surface area contributed by atoms with Crippen molar-refractivity contribution in [2.45, 2.75) is 6.54 Å². The summed E-state index contributed by atoms with van der Waals surface area (Å²) >= 11 is 0. The van der Waals surface area contributed by atoms with Gasteiger partial charge in [-0.2, -0.15) is 5.26 Å². The van der Waals surface area contributed by atoms with Crippen LogP contribution in [0.25, 0.3) is 0 Å². The first-order valence-corrected chi connectivity index (χ1v) is 7.17. The summed E-state index contributed by atoms with van der Waals surface area (Å²) in [5.41, 5.74) is 1.49. The summed E-state index contributed by atoms with van der Waals surface area (Å²) < 4.78 is 24.2. The zero-order valence-corrected chi connectivity index (χ0v) is 11.4. The van der Waals surface area contributed by atoms with Gasteiger partial charge in [0.2, 0.25) is 10.0 Å². The third-order valence-corrected chi connectivity index (χ3v) is 4.38. The molecule has 0 aliphatic rings. The molecule has 1 aromatic carbocycles. The average molecular weight is 267 g/mol. The number of nitrogens with zero attached hydrogens (tertiary/aromatic N) is 2. The largest absolute Gasteiger partial charge is 0.312 e. The lowest BCUT2D eigenvalue weighted by Crippen LogP contribution is -2.31. The van der Waals surface area contributed by atoms with E-state index in [9.17, 15) is 8.42 Å². The van der Waals surface area contributed by atoms with Crippen LogP contribution in [0.3, 0.4) is 0 Å². The highest BCUT2D eigenvalue weighted by Crippen LogP contribution is 2.06. The number of nitrogens with one attached hydrogen (secondary N) is 1. The van der Waals surface area contributed by atoms with Gasteiger partial charge in [-0.3, -0.25) is 0 Å². The van der Waals surface area contributed by atoms with Gasteiger partial charge in [0.25, 0.3) is 0 Å². The van der Waals surface area contributed by atoms with Crippen molar-refractivity contribution in [2.75, 3.05) is 26.4 Å². The van der Waals surface area contributed by atoms with Crippen LogP contribution in [0.1, 0.15) is 11.1 Å². The quantitative estimate of drug-likeness (QED) is 0.763. The monoisotopic (exact) mass is 267 g/mol. The van der Waals surface area contributed by atoms with Crippen LogP contribution >= 0.6 is 0 Å². The number of hydrogen-bond donors (Lipinski definition) is 1. The first-order chi connectivity index (χ1) is 8.47. The molecule has 0 aliphatic carbocycles. The number of sulfonamides is 1. The average Bonchev–Trinajstić information content (AvgIpc) is 2.35. The van der Waals surface area contributed by atoms with Crippen molar-refractivity contribution in [3.63, 3.8) is 0 Å². The Morgan fingerprint density at radius 1 is 1.33 bits per heavy atom. The third-order valence-electron chi connectivity index (χ3n) is 2.55. The van der Waals surface area contributed by atoms with Gasteiger partial charge in [-0.15, -0.1) is 0 Å². The maximum absolute atomic E-state index is 11.5. The van der Waals surface area contributed by atoms with Gasteiger partial charge in [-0.1, -0.05) is 18.2 Å². The minimum absolute atomic E-state index is 0.0503. The van der Waals surface area contributed by atoms with Gasteiger partial charge in [-0.05, 0) is 11.6 Å². The van der Waals surface area contributed by atoms with Gasteiger partial charge < -0.3 is 5.32 Å². The van der Waals surface area contributed by atoms with E-state index >= 15 is 0 Å². The molecule has 0 saturated heterocycles. The van der Waals surface area contributed by atoms with E-state index in [4.69, 9.17) is 5.26 Å². The smallest absolute Gasteiger partial charge is 0.214 e. The van der Waals surface area contributed by atoms with Crippen molar-refractivity contribution in [1.82, 2.24) is 9.62 Å². The summed E-state index contributed by atoms with van der Waals surface area (Å²) in [7, 11) is -0.134. The fourth-order valence-corrected chi connectivity index (χ4v) is 2.16. The molecule has 6 heteroatoms. The van der Waals surface area contributed by atoms with Crippen LogP contribution in [0.4, 0.5) is 0 Å². The van der Waals surface area contributed by atoms with Gasteiger partial charge in [0.15, 0.2) is 0 Å². The third kappa shape index (κ3) is 4.11. The van der Waals surface area contributed by atoms with E-state index < -0.39 is 10.0 Å². The predicted octanol–water partition coefficient (Wildman–Crippen LogP) is 0.539. The summed E-state index contributed by atoms with van der Waals surface area (Å²) in [4.78, 5) is 0. The summed E-state index contributed by atoms with van der Waals surface area (Å²) in [5.74, 6) is 0.0503. The molecule has 98 valence electrons. The summed E-state index contributed by atoms with van der Waals surface area (Å²) in [5, 5.41) is 11.9. The molecule has 0 radical (unpaired) electrons. The second-order valence-corrected chi connectivity index (χ2v) is 6.35. The number of rotatable bonds is 6. The minimum Gasteiger partial charge on any atom is -0.312 e. The molecule has 1 N–H and O–H groups in total. The van der Waals surface area contributed by atoms with Crippen LogP contribution in [-0.4, -0.2) is 39.1 Å². The van der Waals surface area contributed by atoms with Crippen LogP contribution in [0, 0.1) is 11.3 Å². The molecule has 18 heavy (non-hydrogen) atoms. The van der Waals surface area contributed by atoms with Crippen LogP contribution in [-0.2, 0) is 16.6 Å². The van der Waals surface area contributed by atoms with Gasteiger partial charge in [0, 0.05) is 27.2 Å². The van der Waals surface area contributed by atoms with Crippen molar-refractivity contribution in [1.29, 1.82) is 5.26 Å². The Kier molecular flexibility index (Phi) is 5.28. The molecule has 0 spiro atoms. The highest BCUT2D eigenvalue weighted by atomic mass is 32.2. The van der Waals surface area contributed by atoms with Gasteiger partial charge in [-0.25, -0.2) is 12.7 Å². The first kappa shape index (κ1) is 14.6. The molecule has 0 bridgehead atoms. The lowest BCUT2D eigenvalue weighted by atomic mass is 10.1. The van der Waals surface area contributed by atoms with Gasteiger partial charge in [0.1, 0.15) is 0 Å². The molecule has 0 aliphatic heterocycles. The van der Waals surface area contributed by atoms with Crippen molar-refractivity contribution >= 4 is 10.0 Å². The molecule has 0 saturated carbocycles. The second kappa shape index (κ2) is 6.50. The van der Waals surface area contributed by atoms with E-state index in [0.717, 1.165) is 5.56 Å². The second-order valence-electron chi connectivity index (χ2n) is 4.04. The van der Waals surface area contributed by atoms with E-state index in [2.05, 4.69) is 11.4 Å². The van der Waals surface area contributed by atoms with Gasteiger partial charge in [0.05, 0.1) is 17.4 Å². The maximum atomic E-state index is 11.5. The molecule has 1 aromatic rings. The topological polar surface area (TPSA) is 73.2 Å². The first-order valence-electron chi connectivity index (χ1n) is 5.56. The van der Waals surface area contributed by atoms with Crippen LogP contribution in [0.15, 0.2) is 24.3 Å². The van der Waals surface area contributed by atoms with Crippen molar-refractivity contribution in [3.8, 4) is 6.07 Å². The Balaban J connectivity index is 2.46. The fraction of sp³-hybridized carbons (Fsp3) is 0.417. The zero-order valence-electron chi connectivity index (χ0n) is 10.5. The molecule has 0 aromatic heterocycles. The van der Waals surface area contributed by atoms with Crippen molar-refractivity contribution in [3.05, 3.63) is 35.4 Å². The van der Waals surface area contributed by atoms with E-state index in [1.165, 1.54) is 18.4 Å². The maximum Gasteiger partial charge on any atom is 0.214 e.